The zero-order chi connectivity index (χ0) is 16.8. The smallest absolute Gasteiger partial charge is 0.243 e. The number of rotatable bonds is 5. The van der Waals surface area contributed by atoms with Gasteiger partial charge in [0.25, 0.3) is 0 Å². The molecule has 1 aromatic rings. The number of hydrogen-bond donors (Lipinski definition) is 2. The maximum atomic E-state index is 12.0. The van der Waals surface area contributed by atoms with Crippen LogP contribution in [0.3, 0.4) is 0 Å². The molecule has 2 N–H and O–H groups in total. The second-order valence-corrected chi connectivity index (χ2v) is 6.41. The van der Waals surface area contributed by atoms with Crippen molar-refractivity contribution in [2.75, 3.05) is 25.0 Å². The SMILES string of the molecule is Cc1cccc(C)c1NC(=O)CNC(=O)CN1CCCCC1C. The number of carbonyl (C=O) groups is 2. The Morgan fingerprint density at radius 3 is 2.52 bits per heavy atom. The molecule has 0 aliphatic carbocycles. The van der Waals surface area contributed by atoms with Gasteiger partial charge in [-0.25, -0.2) is 0 Å². The molecular weight excluding hydrogens is 290 g/mol. The fourth-order valence-electron chi connectivity index (χ4n) is 3.01. The number of nitrogens with one attached hydrogen (secondary N) is 2. The number of likely N-dealkylation sites (tertiary alicyclic amines) is 1. The van der Waals surface area contributed by atoms with Crippen LogP contribution in [0.1, 0.15) is 37.3 Å². The van der Waals surface area contributed by atoms with E-state index in [1.165, 1.54) is 6.42 Å². The Bertz CT molecular complexity index is 551. The first-order chi connectivity index (χ1) is 11.0. The number of amides is 2. The summed E-state index contributed by atoms with van der Waals surface area (Å²) in [5.74, 6) is -0.280. The molecule has 1 aliphatic heterocycles. The van der Waals surface area contributed by atoms with Gasteiger partial charge in [-0.05, 0) is 51.3 Å². The highest BCUT2D eigenvalue weighted by Crippen LogP contribution is 2.19. The Labute approximate surface area is 138 Å². The largest absolute Gasteiger partial charge is 0.346 e. The van der Waals surface area contributed by atoms with Gasteiger partial charge in [0.05, 0.1) is 13.1 Å². The molecule has 1 atom stereocenters. The monoisotopic (exact) mass is 317 g/mol. The second-order valence-electron chi connectivity index (χ2n) is 6.41. The summed E-state index contributed by atoms with van der Waals surface area (Å²) in [5, 5.41) is 5.60. The minimum Gasteiger partial charge on any atom is -0.346 e. The maximum Gasteiger partial charge on any atom is 0.243 e. The molecule has 1 aliphatic rings. The fraction of sp³-hybridized carbons (Fsp3) is 0.556. The van der Waals surface area contributed by atoms with Gasteiger partial charge in [0.2, 0.25) is 11.8 Å². The summed E-state index contributed by atoms with van der Waals surface area (Å²) in [6.07, 6.45) is 3.52. The van der Waals surface area contributed by atoms with Gasteiger partial charge in [0.1, 0.15) is 0 Å². The average Bonchev–Trinajstić information content (AvgIpc) is 2.51. The molecule has 1 heterocycles. The van der Waals surface area contributed by atoms with Crippen molar-refractivity contribution in [2.24, 2.45) is 0 Å². The minimum absolute atomic E-state index is 0.00876. The first kappa shape index (κ1) is 17.5. The van der Waals surface area contributed by atoms with Crippen molar-refractivity contribution in [1.82, 2.24) is 10.2 Å². The summed E-state index contributed by atoms with van der Waals surface area (Å²) < 4.78 is 0. The van der Waals surface area contributed by atoms with Gasteiger partial charge in [-0.1, -0.05) is 24.6 Å². The first-order valence-corrected chi connectivity index (χ1v) is 8.34. The zero-order valence-corrected chi connectivity index (χ0v) is 14.3. The summed E-state index contributed by atoms with van der Waals surface area (Å²) in [5.41, 5.74) is 2.87. The molecule has 5 heteroatoms. The molecule has 1 fully saturated rings. The van der Waals surface area contributed by atoms with E-state index < -0.39 is 0 Å². The maximum absolute atomic E-state index is 12.0. The van der Waals surface area contributed by atoms with Crippen LogP contribution in [0.2, 0.25) is 0 Å². The Kier molecular flexibility index (Phi) is 6.16. The zero-order valence-electron chi connectivity index (χ0n) is 14.3. The summed E-state index contributed by atoms with van der Waals surface area (Å²) in [6.45, 7) is 7.41. The highest BCUT2D eigenvalue weighted by molar-refractivity contribution is 5.95. The van der Waals surface area contributed by atoms with E-state index in [1.54, 1.807) is 0 Å². The lowest BCUT2D eigenvalue weighted by Gasteiger charge is -2.32. The van der Waals surface area contributed by atoms with Crippen LogP contribution in [-0.4, -0.2) is 42.4 Å². The van der Waals surface area contributed by atoms with Crippen molar-refractivity contribution in [3.8, 4) is 0 Å². The topological polar surface area (TPSA) is 61.4 Å². The molecule has 23 heavy (non-hydrogen) atoms. The van der Waals surface area contributed by atoms with Crippen LogP contribution in [0, 0.1) is 13.8 Å². The van der Waals surface area contributed by atoms with Crippen molar-refractivity contribution in [3.63, 3.8) is 0 Å². The molecule has 2 rings (SSSR count). The molecular formula is C18H27N3O2. The Morgan fingerprint density at radius 2 is 1.87 bits per heavy atom. The molecule has 1 saturated heterocycles. The van der Waals surface area contributed by atoms with Gasteiger partial charge in [0, 0.05) is 11.7 Å². The van der Waals surface area contributed by atoms with E-state index >= 15 is 0 Å². The first-order valence-electron chi connectivity index (χ1n) is 8.34. The molecule has 0 aromatic heterocycles. The number of nitrogens with zero attached hydrogens (tertiary/aromatic N) is 1. The minimum atomic E-state index is -0.192. The number of piperidine rings is 1. The van der Waals surface area contributed by atoms with Crippen LogP contribution >= 0.6 is 0 Å². The predicted molar refractivity (Wildman–Crippen MR) is 92.4 cm³/mol. The number of benzene rings is 1. The third-order valence-corrected chi connectivity index (χ3v) is 4.48. The van der Waals surface area contributed by atoms with Gasteiger partial charge in [0.15, 0.2) is 0 Å². The van der Waals surface area contributed by atoms with Crippen molar-refractivity contribution in [1.29, 1.82) is 0 Å². The lowest BCUT2D eigenvalue weighted by molar-refractivity contribution is -0.125. The lowest BCUT2D eigenvalue weighted by atomic mass is 10.0. The normalized spacial score (nSPS) is 18.5. The number of para-hydroxylation sites is 1. The fourth-order valence-corrected chi connectivity index (χ4v) is 3.01. The highest BCUT2D eigenvalue weighted by atomic mass is 16.2. The summed E-state index contributed by atoms with van der Waals surface area (Å²) in [6, 6.07) is 6.32. The van der Waals surface area contributed by atoms with E-state index in [1.807, 2.05) is 32.0 Å². The van der Waals surface area contributed by atoms with Crippen molar-refractivity contribution in [2.45, 2.75) is 46.1 Å². The van der Waals surface area contributed by atoms with E-state index in [0.717, 1.165) is 36.2 Å². The number of carbonyl (C=O) groups excluding carboxylic acids is 2. The quantitative estimate of drug-likeness (QED) is 0.875. The molecule has 0 saturated carbocycles. The van der Waals surface area contributed by atoms with Crippen LogP contribution in [0.25, 0.3) is 0 Å². The molecule has 1 aromatic carbocycles. The second kappa shape index (κ2) is 8.11. The van der Waals surface area contributed by atoms with Gasteiger partial charge < -0.3 is 10.6 Å². The molecule has 126 valence electrons. The third kappa shape index (κ3) is 5.06. The van der Waals surface area contributed by atoms with E-state index in [0.29, 0.717) is 12.6 Å². The number of hydrogen-bond acceptors (Lipinski definition) is 3. The summed E-state index contributed by atoms with van der Waals surface area (Å²) in [7, 11) is 0. The van der Waals surface area contributed by atoms with Crippen molar-refractivity contribution >= 4 is 17.5 Å². The van der Waals surface area contributed by atoms with Crippen LogP contribution in [0.4, 0.5) is 5.69 Å². The summed E-state index contributed by atoms with van der Waals surface area (Å²) in [4.78, 5) is 26.2. The highest BCUT2D eigenvalue weighted by Gasteiger charge is 2.20. The third-order valence-electron chi connectivity index (χ3n) is 4.48. The Hall–Kier alpha value is -1.88. The van der Waals surface area contributed by atoms with Gasteiger partial charge >= 0.3 is 0 Å². The Balaban J connectivity index is 1.78. The summed E-state index contributed by atoms with van der Waals surface area (Å²) >= 11 is 0. The van der Waals surface area contributed by atoms with E-state index in [9.17, 15) is 9.59 Å². The molecule has 0 spiro atoms. The van der Waals surface area contributed by atoms with Crippen LogP contribution in [-0.2, 0) is 9.59 Å². The van der Waals surface area contributed by atoms with Gasteiger partial charge in [-0.3, -0.25) is 14.5 Å². The predicted octanol–water partition coefficient (Wildman–Crippen LogP) is 2.23. The lowest BCUT2D eigenvalue weighted by Crippen LogP contribution is -2.45. The molecule has 1 unspecified atom stereocenters. The molecule has 2 amide bonds. The van der Waals surface area contributed by atoms with E-state index in [4.69, 9.17) is 0 Å². The molecule has 0 radical (unpaired) electrons. The van der Waals surface area contributed by atoms with Crippen molar-refractivity contribution in [3.05, 3.63) is 29.3 Å². The number of anilines is 1. The van der Waals surface area contributed by atoms with Gasteiger partial charge in [-0.15, -0.1) is 0 Å². The average molecular weight is 317 g/mol. The molecule has 0 bridgehead atoms. The van der Waals surface area contributed by atoms with E-state index in [2.05, 4.69) is 22.5 Å². The van der Waals surface area contributed by atoms with Crippen LogP contribution in [0.5, 0.6) is 0 Å². The number of aryl methyl sites for hydroxylation is 2. The van der Waals surface area contributed by atoms with Crippen LogP contribution < -0.4 is 10.6 Å². The van der Waals surface area contributed by atoms with Crippen molar-refractivity contribution < 1.29 is 9.59 Å². The van der Waals surface area contributed by atoms with Gasteiger partial charge in [-0.2, -0.15) is 0 Å². The Morgan fingerprint density at radius 1 is 1.17 bits per heavy atom. The molecule has 5 nitrogen and oxygen atoms in total. The standard InChI is InChI=1S/C18H27N3O2/c1-13-7-6-8-14(2)18(13)20-16(22)11-19-17(23)12-21-10-5-4-9-15(21)3/h6-8,15H,4-5,9-12H2,1-3H3,(H,19,23)(H,20,22). The van der Waals surface area contributed by atoms with Crippen LogP contribution in [0.15, 0.2) is 18.2 Å². The van der Waals surface area contributed by atoms with E-state index in [-0.39, 0.29) is 18.4 Å².